The molecule has 0 bridgehead atoms. The summed E-state index contributed by atoms with van der Waals surface area (Å²) < 4.78 is 4.79. The van der Waals surface area contributed by atoms with Crippen LogP contribution in [0.1, 0.15) is 30.4 Å². The fraction of sp³-hybridized carbons (Fsp3) is 0.0625. The number of para-hydroxylation sites is 2. The molecule has 7 aromatic carbocycles. The monoisotopic (exact) mass is 668 g/mol. The summed E-state index contributed by atoms with van der Waals surface area (Å²) in [6.45, 7) is 2.36. The molecule has 2 nitrogen and oxygen atoms in total. The Balaban J connectivity index is 1.04. The predicted octanol–water partition coefficient (Wildman–Crippen LogP) is 13.7. The minimum absolute atomic E-state index is 0.503. The fourth-order valence-electron chi connectivity index (χ4n) is 8.66. The molecule has 0 fully saturated rings. The van der Waals surface area contributed by atoms with E-state index in [9.17, 15) is 0 Å². The third-order valence-corrected chi connectivity index (χ3v) is 12.2. The highest BCUT2D eigenvalue weighted by molar-refractivity contribution is 7.25. The zero-order valence-electron chi connectivity index (χ0n) is 28.1. The molecule has 11 rings (SSSR count). The summed E-state index contributed by atoms with van der Waals surface area (Å²) in [6, 6.07) is 51.5. The largest absolute Gasteiger partial charge is 0.294 e. The minimum atomic E-state index is 0.503. The van der Waals surface area contributed by atoms with Crippen LogP contribution in [0.5, 0.6) is 0 Å². The molecule has 1 atom stereocenters. The number of nitrogens with zero attached hydrogens (tertiary/aromatic N) is 2. The summed E-state index contributed by atoms with van der Waals surface area (Å²) in [5.74, 6) is 1.45. The Morgan fingerprint density at radius 3 is 1.92 bits per heavy atom. The molecule has 3 heterocycles. The second-order valence-corrected chi connectivity index (χ2v) is 15.1. The third-order valence-electron chi connectivity index (χ3n) is 11.1. The van der Waals surface area contributed by atoms with Gasteiger partial charge in [0, 0.05) is 32.4 Å². The van der Waals surface area contributed by atoms with E-state index in [1.54, 1.807) is 0 Å². The molecule has 0 saturated carbocycles. The average molecular weight is 669 g/mol. The topological polar surface area (TPSA) is 17.8 Å². The van der Waals surface area contributed by atoms with Crippen molar-refractivity contribution < 1.29 is 0 Å². The quantitative estimate of drug-likeness (QED) is 0.171. The molecule has 0 amide bonds. The van der Waals surface area contributed by atoms with Crippen LogP contribution in [-0.2, 0) is 0 Å². The van der Waals surface area contributed by atoms with Crippen molar-refractivity contribution in [2.45, 2.75) is 19.3 Å². The number of benzene rings is 7. The molecule has 0 radical (unpaired) electrons. The molecule has 10 aromatic rings. The fourth-order valence-corrected chi connectivity index (χ4v) is 9.70. The second-order valence-electron chi connectivity index (χ2n) is 14.0. The summed E-state index contributed by atoms with van der Waals surface area (Å²) in [4.78, 5) is 5.01. The number of hydrogen-bond acceptors (Lipinski definition) is 2. The van der Waals surface area contributed by atoms with Gasteiger partial charge in [0.1, 0.15) is 5.82 Å². The molecule has 51 heavy (non-hydrogen) atoms. The lowest BCUT2D eigenvalue weighted by molar-refractivity contribution is 0.781. The number of thiophene rings is 1. The highest BCUT2D eigenvalue weighted by Crippen LogP contribution is 2.43. The SMILES string of the molecule is CC1CC=Cc2c1c1ccc(-c3cccc(-c4ccc5sc6cnc(-n7c8ccccc8c8ccccc87)cc6c5c4)c3)cc1c1ccccc21. The highest BCUT2D eigenvalue weighted by atomic mass is 32.1. The Kier molecular flexibility index (Phi) is 6.20. The van der Waals surface area contributed by atoms with Crippen LogP contribution in [0, 0.1) is 0 Å². The van der Waals surface area contributed by atoms with E-state index in [-0.39, 0.29) is 0 Å². The molecule has 0 saturated heterocycles. The maximum atomic E-state index is 5.01. The molecule has 0 aliphatic heterocycles. The summed E-state index contributed by atoms with van der Waals surface area (Å²) in [5.41, 5.74) is 10.2. The lowest BCUT2D eigenvalue weighted by atomic mass is 9.81. The van der Waals surface area contributed by atoms with Crippen molar-refractivity contribution in [3.8, 4) is 28.1 Å². The van der Waals surface area contributed by atoms with Crippen LogP contribution in [0.2, 0.25) is 0 Å². The van der Waals surface area contributed by atoms with Gasteiger partial charge in [0.05, 0.1) is 15.7 Å². The minimum Gasteiger partial charge on any atom is -0.294 e. The van der Waals surface area contributed by atoms with Crippen LogP contribution in [0.4, 0.5) is 0 Å². The van der Waals surface area contributed by atoms with Crippen LogP contribution in [0.3, 0.4) is 0 Å². The van der Waals surface area contributed by atoms with Crippen molar-refractivity contribution >= 4 is 80.9 Å². The standard InChI is InChI=1S/C48H32N2S/c1-29-10-8-17-38-34-13-2-3-14-35(34)40-25-32(20-22-39(40)48(29)38)30-11-9-12-31(24-30)33-21-23-45-41(26-33)42-27-47(49-28-46(42)51-45)50-43-18-6-4-15-36(43)37-16-5-7-19-44(37)50/h2-9,11-29H,10H2,1H3. The van der Waals surface area contributed by atoms with Gasteiger partial charge in [-0.3, -0.25) is 4.57 Å². The number of hydrogen-bond donors (Lipinski definition) is 0. The van der Waals surface area contributed by atoms with Crippen molar-refractivity contribution in [2.24, 2.45) is 0 Å². The van der Waals surface area contributed by atoms with Crippen molar-refractivity contribution in [3.05, 3.63) is 163 Å². The average Bonchev–Trinajstić information content (AvgIpc) is 3.73. The molecule has 0 N–H and O–H groups in total. The number of aromatic nitrogens is 2. The second kappa shape index (κ2) is 11.0. The summed E-state index contributed by atoms with van der Waals surface area (Å²) in [5, 5.41) is 10.4. The van der Waals surface area contributed by atoms with E-state index in [2.05, 4.69) is 169 Å². The van der Waals surface area contributed by atoms with Crippen LogP contribution in [-0.4, -0.2) is 9.55 Å². The lowest BCUT2D eigenvalue weighted by Gasteiger charge is -2.23. The zero-order valence-corrected chi connectivity index (χ0v) is 28.9. The van der Waals surface area contributed by atoms with Crippen LogP contribution in [0.15, 0.2) is 152 Å². The number of allylic oxidation sites excluding steroid dienone is 1. The smallest absolute Gasteiger partial charge is 0.138 e. The van der Waals surface area contributed by atoms with Gasteiger partial charge in [0.2, 0.25) is 0 Å². The predicted molar refractivity (Wildman–Crippen MR) is 219 cm³/mol. The molecule has 1 aliphatic rings. The van der Waals surface area contributed by atoms with Crippen molar-refractivity contribution in [3.63, 3.8) is 0 Å². The van der Waals surface area contributed by atoms with Crippen LogP contribution >= 0.6 is 11.3 Å². The summed E-state index contributed by atoms with van der Waals surface area (Å²) in [7, 11) is 0. The normalized spacial score (nSPS) is 14.4. The van der Waals surface area contributed by atoms with E-state index in [0.717, 1.165) is 12.2 Å². The first kappa shape index (κ1) is 28.8. The van der Waals surface area contributed by atoms with E-state index in [0.29, 0.717) is 5.92 Å². The first-order chi connectivity index (χ1) is 25.2. The van der Waals surface area contributed by atoms with Crippen molar-refractivity contribution in [2.75, 3.05) is 0 Å². The van der Waals surface area contributed by atoms with E-state index < -0.39 is 0 Å². The summed E-state index contributed by atoms with van der Waals surface area (Å²) in [6.07, 6.45) is 7.81. The molecule has 0 spiro atoms. The van der Waals surface area contributed by atoms with Gasteiger partial charge < -0.3 is 0 Å². The van der Waals surface area contributed by atoms with Gasteiger partial charge in [-0.1, -0.05) is 116 Å². The van der Waals surface area contributed by atoms with Crippen molar-refractivity contribution in [1.29, 1.82) is 0 Å². The van der Waals surface area contributed by atoms with Gasteiger partial charge in [-0.25, -0.2) is 4.98 Å². The Labute approximate surface area is 299 Å². The molecular formula is C48H32N2S. The number of pyridine rings is 1. The van der Waals surface area contributed by atoms with Crippen LogP contribution < -0.4 is 0 Å². The maximum absolute atomic E-state index is 5.01. The molecule has 3 aromatic heterocycles. The van der Waals surface area contributed by atoms with E-state index in [1.165, 1.54) is 96.9 Å². The molecule has 3 heteroatoms. The van der Waals surface area contributed by atoms with Gasteiger partial charge in [-0.15, -0.1) is 11.3 Å². The Morgan fingerprint density at radius 2 is 1.16 bits per heavy atom. The molecular weight excluding hydrogens is 637 g/mol. The highest BCUT2D eigenvalue weighted by Gasteiger charge is 2.20. The van der Waals surface area contributed by atoms with E-state index >= 15 is 0 Å². The lowest BCUT2D eigenvalue weighted by Crippen LogP contribution is -2.02. The Hall–Kier alpha value is -6.03. The Bertz CT molecular complexity index is 3030. The summed E-state index contributed by atoms with van der Waals surface area (Å²) >= 11 is 1.81. The van der Waals surface area contributed by atoms with E-state index in [4.69, 9.17) is 4.98 Å². The number of rotatable bonds is 3. The zero-order chi connectivity index (χ0) is 33.6. The molecule has 240 valence electrons. The first-order valence-corrected chi connectivity index (χ1v) is 18.6. The van der Waals surface area contributed by atoms with Gasteiger partial charge in [-0.05, 0) is 110 Å². The van der Waals surface area contributed by atoms with Gasteiger partial charge in [-0.2, -0.15) is 0 Å². The van der Waals surface area contributed by atoms with Gasteiger partial charge in [0.15, 0.2) is 0 Å². The van der Waals surface area contributed by atoms with Gasteiger partial charge >= 0.3 is 0 Å². The maximum Gasteiger partial charge on any atom is 0.138 e. The first-order valence-electron chi connectivity index (χ1n) is 17.8. The molecule has 1 unspecified atom stereocenters. The Morgan fingerprint density at radius 1 is 0.529 bits per heavy atom. The van der Waals surface area contributed by atoms with Crippen molar-refractivity contribution in [1.82, 2.24) is 9.55 Å². The van der Waals surface area contributed by atoms with Crippen LogP contribution in [0.25, 0.3) is 97.7 Å². The molecule has 1 aliphatic carbocycles. The van der Waals surface area contributed by atoms with Gasteiger partial charge in [0.25, 0.3) is 0 Å². The third kappa shape index (κ3) is 4.32. The number of fused-ring (bicyclic) bond motifs is 12. The van der Waals surface area contributed by atoms with E-state index in [1.807, 2.05) is 11.3 Å².